The van der Waals surface area contributed by atoms with Crippen LogP contribution >= 0.6 is 0 Å². The molecule has 2 aliphatic heterocycles. The Kier molecular flexibility index (Phi) is 6.93. The zero-order chi connectivity index (χ0) is 24.4. The van der Waals surface area contributed by atoms with Gasteiger partial charge in [0.05, 0.1) is 37.5 Å². The molecule has 2 atom stereocenters. The summed E-state index contributed by atoms with van der Waals surface area (Å²) in [5.41, 5.74) is 2.23. The van der Waals surface area contributed by atoms with Gasteiger partial charge in [0, 0.05) is 13.2 Å². The summed E-state index contributed by atoms with van der Waals surface area (Å²) in [5.74, 6) is -0.448. The summed E-state index contributed by atoms with van der Waals surface area (Å²) < 4.78 is 16.5. The number of rotatable bonds is 7. The van der Waals surface area contributed by atoms with Gasteiger partial charge in [0.1, 0.15) is 17.3 Å². The number of amides is 1. The maximum atomic E-state index is 13.3. The van der Waals surface area contributed by atoms with Gasteiger partial charge in [-0.15, -0.1) is 0 Å². The van der Waals surface area contributed by atoms with Crippen LogP contribution in [0.5, 0.6) is 11.5 Å². The average molecular weight is 466 g/mol. The summed E-state index contributed by atoms with van der Waals surface area (Å²) in [6, 6.07) is 12.1. The molecule has 180 valence electrons. The Labute approximate surface area is 199 Å². The van der Waals surface area contributed by atoms with Crippen LogP contribution in [0.2, 0.25) is 0 Å². The molecule has 0 spiro atoms. The fourth-order valence-electron chi connectivity index (χ4n) is 4.63. The zero-order valence-corrected chi connectivity index (χ0v) is 20.0. The quantitative estimate of drug-likeness (QED) is 0.370. The van der Waals surface area contributed by atoms with Gasteiger partial charge in [0.2, 0.25) is 0 Å². The number of aliphatic hydroxyl groups is 1. The second-order valence-electron chi connectivity index (χ2n) is 8.97. The van der Waals surface area contributed by atoms with Crippen molar-refractivity contribution in [3.8, 4) is 11.5 Å². The summed E-state index contributed by atoms with van der Waals surface area (Å²) in [5, 5.41) is 11.4. The lowest BCUT2D eigenvalue weighted by molar-refractivity contribution is -0.140. The fraction of sp³-hybridized carbons (Fsp3) is 0.407. The molecule has 4 rings (SSSR count). The van der Waals surface area contributed by atoms with E-state index < -0.39 is 17.7 Å². The van der Waals surface area contributed by atoms with E-state index in [1.807, 2.05) is 24.3 Å². The number of hydrogen-bond acceptors (Lipinski definition) is 6. The van der Waals surface area contributed by atoms with Crippen LogP contribution in [0.25, 0.3) is 5.76 Å². The zero-order valence-electron chi connectivity index (χ0n) is 20.0. The summed E-state index contributed by atoms with van der Waals surface area (Å²) in [7, 11) is 3.00. The van der Waals surface area contributed by atoms with Crippen LogP contribution in [0.15, 0.2) is 48.0 Å². The highest BCUT2D eigenvalue weighted by molar-refractivity contribution is 6.46. The van der Waals surface area contributed by atoms with E-state index in [4.69, 9.17) is 14.2 Å². The number of methoxy groups -OCH3 is 2. The lowest BCUT2D eigenvalue weighted by atomic mass is 9.93. The molecule has 0 radical (unpaired) electrons. The van der Waals surface area contributed by atoms with E-state index in [2.05, 4.69) is 13.8 Å². The molecular formula is C27H31NO6. The second-order valence-corrected chi connectivity index (χ2v) is 8.97. The van der Waals surface area contributed by atoms with Crippen molar-refractivity contribution in [3.05, 3.63) is 64.7 Å². The molecular weight excluding hydrogens is 434 g/mol. The van der Waals surface area contributed by atoms with Crippen LogP contribution in [0.3, 0.4) is 0 Å². The van der Waals surface area contributed by atoms with E-state index >= 15 is 0 Å². The molecule has 7 nitrogen and oxygen atoms in total. The molecule has 2 aliphatic rings. The minimum atomic E-state index is -0.735. The van der Waals surface area contributed by atoms with Gasteiger partial charge in [-0.1, -0.05) is 38.1 Å². The average Bonchev–Trinajstić information content (AvgIpc) is 3.45. The monoisotopic (exact) mass is 465 g/mol. The summed E-state index contributed by atoms with van der Waals surface area (Å²) in [6.07, 6.45) is 1.61. The van der Waals surface area contributed by atoms with Crippen LogP contribution in [-0.2, 0) is 14.3 Å². The van der Waals surface area contributed by atoms with Crippen LogP contribution in [0.1, 0.15) is 55.3 Å². The molecule has 0 aliphatic carbocycles. The third kappa shape index (κ3) is 4.40. The molecule has 2 aromatic carbocycles. The maximum Gasteiger partial charge on any atom is 0.295 e. The van der Waals surface area contributed by atoms with Crippen molar-refractivity contribution < 1.29 is 28.9 Å². The molecule has 1 amide bonds. The first-order valence-corrected chi connectivity index (χ1v) is 11.6. The molecule has 0 saturated carbocycles. The highest BCUT2D eigenvalue weighted by Crippen LogP contribution is 2.42. The smallest absolute Gasteiger partial charge is 0.295 e. The lowest BCUT2D eigenvalue weighted by Crippen LogP contribution is -2.36. The van der Waals surface area contributed by atoms with Gasteiger partial charge in [-0.3, -0.25) is 9.59 Å². The second kappa shape index (κ2) is 9.89. The predicted molar refractivity (Wildman–Crippen MR) is 128 cm³/mol. The molecule has 2 heterocycles. The normalized spacial score (nSPS) is 22.0. The molecule has 34 heavy (non-hydrogen) atoms. The van der Waals surface area contributed by atoms with E-state index in [-0.39, 0.29) is 24.0 Å². The lowest BCUT2D eigenvalue weighted by Gasteiger charge is -2.28. The van der Waals surface area contributed by atoms with Crippen molar-refractivity contribution in [2.75, 3.05) is 27.4 Å². The third-order valence-corrected chi connectivity index (χ3v) is 6.54. The Hall–Kier alpha value is -3.32. The molecule has 7 heteroatoms. The first kappa shape index (κ1) is 23.8. The van der Waals surface area contributed by atoms with Crippen molar-refractivity contribution in [3.63, 3.8) is 0 Å². The van der Waals surface area contributed by atoms with Crippen LogP contribution < -0.4 is 9.47 Å². The molecule has 2 aromatic rings. The number of carbonyl (C=O) groups is 2. The largest absolute Gasteiger partial charge is 0.507 e. The number of hydrogen-bond donors (Lipinski definition) is 1. The molecule has 2 saturated heterocycles. The Bertz CT molecular complexity index is 1100. The Morgan fingerprint density at radius 3 is 2.44 bits per heavy atom. The summed E-state index contributed by atoms with van der Waals surface area (Å²) >= 11 is 0. The molecule has 2 fully saturated rings. The Morgan fingerprint density at radius 1 is 1.12 bits per heavy atom. The van der Waals surface area contributed by atoms with Crippen molar-refractivity contribution >= 4 is 17.4 Å². The number of carbonyl (C=O) groups excluding carboxylic acids is 2. The minimum Gasteiger partial charge on any atom is -0.507 e. The topological polar surface area (TPSA) is 85.3 Å². The van der Waals surface area contributed by atoms with Crippen molar-refractivity contribution in [2.45, 2.75) is 44.8 Å². The minimum absolute atomic E-state index is 0.0341. The van der Waals surface area contributed by atoms with Crippen LogP contribution in [-0.4, -0.2) is 55.2 Å². The molecule has 0 bridgehead atoms. The number of ether oxygens (including phenoxy) is 3. The highest BCUT2D eigenvalue weighted by Gasteiger charge is 2.47. The van der Waals surface area contributed by atoms with Gasteiger partial charge in [-0.05, 0) is 48.1 Å². The SMILES string of the molecule is COc1ccc(OC)c(/C(O)=C2\C(=O)C(=O)N(CC3CCCO3)C2c2ccc(C(C)C)cc2)c1. The van der Waals surface area contributed by atoms with Gasteiger partial charge in [0.15, 0.2) is 0 Å². The maximum absolute atomic E-state index is 13.3. The Balaban J connectivity index is 1.86. The van der Waals surface area contributed by atoms with E-state index in [0.29, 0.717) is 29.6 Å². The predicted octanol–water partition coefficient (Wildman–Crippen LogP) is 4.43. The number of ketones is 1. The van der Waals surface area contributed by atoms with E-state index in [0.717, 1.165) is 24.0 Å². The number of Topliss-reactive ketones (excluding diaryl/α,β-unsaturated/α-hetero) is 1. The van der Waals surface area contributed by atoms with Gasteiger partial charge in [0.25, 0.3) is 11.7 Å². The highest BCUT2D eigenvalue weighted by atomic mass is 16.5. The van der Waals surface area contributed by atoms with E-state index in [9.17, 15) is 14.7 Å². The van der Waals surface area contributed by atoms with Crippen LogP contribution in [0.4, 0.5) is 0 Å². The number of likely N-dealkylation sites (tertiary alicyclic amines) is 1. The first-order valence-electron chi connectivity index (χ1n) is 11.6. The molecule has 0 aromatic heterocycles. The standard InChI is InChI=1S/C27H31NO6/c1-16(2)17-7-9-18(10-8-17)24-23(25(29)21-14-19(32-3)11-12-22(21)33-4)26(30)27(31)28(24)15-20-6-5-13-34-20/h7-12,14,16,20,24,29H,5-6,13,15H2,1-4H3/b25-23+. The summed E-state index contributed by atoms with van der Waals surface area (Å²) in [6.45, 7) is 5.14. The van der Waals surface area contributed by atoms with Gasteiger partial charge in [-0.2, -0.15) is 0 Å². The van der Waals surface area contributed by atoms with Crippen LogP contribution in [0, 0.1) is 0 Å². The van der Waals surface area contributed by atoms with E-state index in [1.165, 1.54) is 19.1 Å². The summed E-state index contributed by atoms with van der Waals surface area (Å²) in [4.78, 5) is 28.0. The molecule has 2 unspecified atom stereocenters. The van der Waals surface area contributed by atoms with E-state index in [1.54, 1.807) is 18.2 Å². The Morgan fingerprint density at radius 2 is 1.85 bits per heavy atom. The van der Waals surface area contributed by atoms with Gasteiger partial charge < -0.3 is 24.2 Å². The number of benzene rings is 2. The third-order valence-electron chi connectivity index (χ3n) is 6.54. The van der Waals surface area contributed by atoms with Gasteiger partial charge in [-0.25, -0.2) is 0 Å². The number of nitrogens with zero attached hydrogens (tertiary/aromatic N) is 1. The van der Waals surface area contributed by atoms with Crippen molar-refractivity contribution in [2.24, 2.45) is 0 Å². The fourth-order valence-corrected chi connectivity index (χ4v) is 4.63. The van der Waals surface area contributed by atoms with Crippen molar-refractivity contribution in [1.82, 2.24) is 4.90 Å². The van der Waals surface area contributed by atoms with Gasteiger partial charge >= 0.3 is 0 Å². The molecule has 1 N–H and O–H groups in total. The first-order chi connectivity index (χ1) is 16.3. The number of aliphatic hydroxyl groups excluding tert-OH is 1. The van der Waals surface area contributed by atoms with Crippen molar-refractivity contribution in [1.29, 1.82) is 0 Å².